The molecule has 0 unspecified atom stereocenters. The van der Waals surface area contributed by atoms with Crippen LogP contribution in [0, 0.1) is 0 Å². The summed E-state index contributed by atoms with van der Waals surface area (Å²) >= 11 is 2.93. The summed E-state index contributed by atoms with van der Waals surface area (Å²) in [5, 5.41) is 3.24. The molecule has 2 aromatic heterocycles. The number of fused-ring (bicyclic) bond motifs is 1. The Morgan fingerprint density at radius 2 is 1.88 bits per heavy atom. The molecule has 0 aliphatic carbocycles. The van der Waals surface area contributed by atoms with Gasteiger partial charge >= 0.3 is 5.97 Å². The minimum absolute atomic E-state index is 0.146. The number of methoxy groups -OCH3 is 1. The summed E-state index contributed by atoms with van der Waals surface area (Å²) in [4.78, 5) is 21.1. The molecule has 0 amide bonds. The number of hydrogen-bond acceptors (Lipinski definition) is 7. The number of para-hydroxylation sites is 1. The minimum Gasteiger partial charge on any atom is -0.497 e. The number of thiazole rings is 2. The molecule has 0 atom stereocenters. The van der Waals surface area contributed by atoms with Gasteiger partial charge < -0.3 is 9.47 Å². The summed E-state index contributed by atoms with van der Waals surface area (Å²) in [5.41, 5.74) is 2.15. The fourth-order valence-electron chi connectivity index (χ4n) is 2.42. The van der Waals surface area contributed by atoms with E-state index in [2.05, 4.69) is 9.97 Å². The standard InChI is InChI=1S/C19H14N2O3S2/c1-23-13-8-6-12(7-9-13)18-21-15(11-25-18)19(22)24-10-17-20-14-4-2-3-5-16(14)26-17/h2-9,11H,10H2,1H3. The molecule has 5 nitrogen and oxygen atoms in total. The van der Waals surface area contributed by atoms with E-state index in [4.69, 9.17) is 9.47 Å². The molecule has 26 heavy (non-hydrogen) atoms. The first-order chi connectivity index (χ1) is 12.7. The maximum Gasteiger partial charge on any atom is 0.358 e. The molecule has 0 saturated carbocycles. The second kappa shape index (κ2) is 7.23. The third-order valence-electron chi connectivity index (χ3n) is 3.72. The van der Waals surface area contributed by atoms with Crippen molar-refractivity contribution in [2.45, 2.75) is 6.61 Å². The Morgan fingerprint density at radius 3 is 2.65 bits per heavy atom. The zero-order valence-electron chi connectivity index (χ0n) is 13.8. The SMILES string of the molecule is COc1ccc(-c2nc(C(=O)OCc3nc4ccccc4s3)cs2)cc1. The van der Waals surface area contributed by atoms with Crippen LogP contribution in [-0.4, -0.2) is 23.0 Å². The lowest BCUT2D eigenvalue weighted by Crippen LogP contribution is -2.05. The Labute approximate surface area is 157 Å². The Kier molecular flexibility index (Phi) is 4.64. The van der Waals surface area contributed by atoms with E-state index in [9.17, 15) is 4.79 Å². The van der Waals surface area contributed by atoms with Crippen LogP contribution < -0.4 is 4.74 Å². The molecule has 4 rings (SSSR count). The molecule has 0 bridgehead atoms. The number of nitrogens with zero attached hydrogens (tertiary/aromatic N) is 2. The van der Waals surface area contributed by atoms with Gasteiger partial charge in [-0.1, -0.05) is 12.1 Å². The van der Waals surface area contributed by atoms with E-state index < -0.39 is 5.97 Å². The number of carbonyl (C=O) groups is 1. The van der Waals surface area contributed by atoms with Gasteiger partial charge in [-0.25, -0.2) is 14.8 Å². The lowest BCUT2D eigenvalue weighted by Gasteiger charge is -2.01. The smallest absolute Gasteiger partial charge is 0.358 e. The summed E-state index contributed by atoms with van der Waals surface area (Å²) in [6, 6.07) is 15.4. The van der Waals surface area contributed by atoms with Gasteiger partial charge in [-0.15, -0.1) is 22.7 Å². The molecule has 130 valence electrons. The first kappa shape index (κ1) is 16.7. The van der Waals surface area contributed by atoms with Gasteiger partial charge in [0.05, 0.1) is 17.3 Å². The fourth-order valence-corrected chi connectivity index (χ4v) is 4.09. The van der Waals surface area contributed by atoms with Gasteiger partial charge in [-0.3, -0.25) is 0 Å². The average molecular weight is 382 g/mol. The van der Waals surface area contributed by atoms with Crippen LogP contribution in [-0.2, 0) is 11.3 Å². The van der Waals surface area contributed by atoms with Gasteiger partial charge in [0.1, 0.15) is 22.4 Å². The van der Waals surface area contributed by atoms with Gasteiger partial charge in [0, 0.05) is 10.9 Å². The lowest BCUT2D eigenvalue weighted by atomic mass is 10.2. The molecule has 0 saturated heterocycles. The van der Waals surface area contributed by atoms with E-state index in [0.29, 0.717) is 5.69 Å². The van der Waals surface area contributed by atoms with Crippen molar-refractivity contribution < 1.29 is 14.3 Å². The van der Waals surface area contributed by atoms with Crippen LogP contribution in [0.2, 0.25) is 0 Å². The number of benzene rings is 2. The lowest BCUT2D eigenvalue weighted by molar-refractivity contribution is 0.0466. The van der Waals surface area contributed by atoms with Crippen LogP contribution in [0.3, 0.4) is 0 Å². The Bertz CT molecular complexity index is 1020. The Hall–Kier alpha value is -2.77. The molecular formula is C19H14N2O3S2. The van der Waals surface area contributed by atoms with Gasteiger partial charge in [0.15, 0.2) is 5.69 Å². The minimum atomic E-state index is -0.444. The van der Waals surface area contributed by atoms with Crippen LogP contribution in [0.15, 0.2) is 53.9 Å². The maximum absolute atomic E-state index is 12.3. The summed E-state index contributed by atoms with van der Waals surface area (Å²) in [7, 11) is 1.62. The third kappa shape index (κ3) is 3.44. The van der Waals surface area contributed by atoms with E-state index in [-0.39, 0.29) is 6.61 Å². The van der Waals surface area contributed by atoms with Crippen molar-refractivity contribution in [3.63, 3.8) is 0 Å². The maximum atomic E-state index is 12.3. The Balaban J connectivity index is 1.44. The van der Waals surface area contributed by atoms with Crippen LogP contribution in [0.1, 0.15) is 15.5 Å². The Morgan fingerprint density at radius 1 is 1.08 bits per heavy atom. The molecule has 0 fully saturated rings. The summed E-state index contributed by atoms with van der Waals surface area (Å²) in [6.07, 6.45) is 0. The number of aromatic nitrogens is 2. The van der Waals surface area contributed by atoms with Crippen molar-refractivity contribution >= 4 is 38.9 Å². The zero-order valence-corrected chi connectivity index (χ0v) is 15.5. The van der Waals surface area contributed by atoms with Crippen molar-refractivity contribution in [3.05, 3.63) is 64.6 Å². The highest BCUT2D eigenvalue weighted by molar-refractivity contribution is 7.18. The predicted molar refractivity (Wildman–Crippen MR) is 103 cm³/mol. The number of ether oxygens (including phenoxy) is 2. The zero-order chi connectivity index (χ0) is 17.9. The van der Waals surface area contributed by atoms with E-state index in [1.54, 1.807) is 12.5 Å². The van der Waals surface area contributed by atoms with Gasteiger partial charge in [0.2, 0.25) is 0 Å². The summed E-state index contributed by atoms with van der Waals surface area (Å²) in [5.74, 6) is 0.334. The van der Waals surface area contributed by atoms with Gasteiger partial charge in [-0.05, 0) is 36.4 Å². The second-order valence-electron chi connectivity index (χ2n) is 5.42. The monoisotopic (exact) mass is 382 g/mol. The molecule has 7 heteroatoms. The third-order valence-corrected chi connectivity index (χ3v) is 5.62. The van der Waals surface area contributed by atoms with Crippen molar-refractivity contribution in [1.82, 2.24) is 9.97 Å². The van der Waals surface area contributed by atoms with Crippen LogP contribution in [0.4, 0.5) is 0 Å². The molecule has 0 aliphatic rings. The molecular weight excluding hydrogens is 368 g/mol. The highest BCUT2D eigenvalue weighted by atomic mass is 32.1. The van der Waals surface area contributed by atoms with Crippen LogP contribution in [0.5, 0.6) is 5.75 Å². The van der Waals surface area contributed by atoms with Crippen molar-refractivity contribution in [3.8, 4) is 16.3 Å². The molecule has 0 N–H and O–H groups in total. The summed E-state index contributed by atoms with van der Waals surface area (Å²) in [6.45, 7) is 0.146. The van der Waals surface area contributed by atoms with Crippen LogP contribution >= 0.6 is 22.7 Å². The predicted octanol–water partition coefficient (Wildman–Crippen LogP) is 4.79. The van der Waals surface area contributed by atoms with E-state index in [1.165, 1.54) is 22.7 Å². The van der Waals surface area contributed by atoms with Crippen molar-refractivity contribution in [2.24, 2.45) is 0 Å². The first-order valence-electron chi connectivity index (χ1n) is 7.84. The molecule has 4 aromatic rings. The molecule has 0 aliphatic heterocycles. The molecule has 0 radical (unpaired) electrons. The van der Waals surface area contributed by atoms with Crippen LogP contribution in [0.25, 0.3) is 20.8 Å². The van der Waals surface area contributed by atoms with E-state index in [0.717, 1.165) is 31.5 Å². The van der Waals surface area contributed by atoms with Crippen molar-refractivity contribution in [1.29, 1.82) is 0 Å². The first-order valence-corrected chi connectivity index (χ1v) is 9.54. The quantitative estimate of drug-likeness (QED) is 0.465. The largest absolute Gasteiger partial charge is 0.497 e. The summed E-state index contributed by atoms with van der Waals surface area (Å²) < 4.78 is 11.6. The average Bonchev–Trinajstić information content (AvgIpc) is 3.33. The van der Waals surface area contributed by atoms with E-state index in [1.807, 2.05) is 48.5 Å². The normalized spacial score (nSPS) is 10.8. The topological polar surface area (TPSA) is 61.3 Å². The fraction of sp³-hybridized carbons (Fsp3) is 0.105. The number of hydrogen-bond donors (Lipinski definition) is 0. The molecule has 0 spiro atoms. The highest BCUT2D eigenvalue weighted by Gasteiger charge is 2.14. The number of rotatable bonds is 5. The van der Waals surface area contributed by atoms with Gasteiger partial charge in [0.25, 0.3) is 0 Å². The molecule has 2 heterocycles. The van der Waals surface area contributed by atoms with Gasteiger partial charge in [-0.2, -0.15) is 0 Å². The number of esters is 1. The highest BCUT2D eigenvalue weighted by Crippen LogP contribution is 2.26. The number of carbonyl (C=O) groups excluding carboxylic acids is 1. The van der Waals surface area contributed by atoms with Crippen molar-refractivity contribution in [2.75, 3.05) is 7.11 Å². The molecule has 2 aromatic carbocycles. The second-order valence-corrected chi connectivity index (χ2v) is 7.39. The van der Waals surface area contributed by atoms with E-state index >= 15 is 0 Å².